The molecule has 2 aromatic rings. The van der Waals surface area contributed by atoms with Crippen LogP contribution >= 0.6 is 0 Å². The summed E-state index contributed by atoms with van der Waals surface area (Å²) in [5.74, 6) is -0.174. The minimum atomic E-state index is -0.174. The van der Waals surface area contributed by atoms with Gasteiger partial charge in [-0.1, -0.05) is 67.2 Å². The summed E-state index contributed by atoms with van der Waals surface area (Å²) in [7, 11) is 0. The summed E-state index contributed by atoms with van der Waals surface area (Å²) in [5.41, 5.74) is 2.57. The van der Waals surface area contributed by atoms with Gasteiger partial charge in [-0.2, -0.15) is 0 Å². The van der Waals surface area contributed by atoms with Crippen molar-refractivity contribution in [3.05, 3.63) is 83.9 Å². The zero-order chi connectivity index (χ0) is 14.9. The first-order valence-corrected chi connectivity index (χ1v) is 6.87. The van der Waals surface area contributed by atoms with Crippen LogP contribution in [0.4, 0.5) is 0 Å². The number of hydrogen-bond acceptors (Lipinski definition) is 2. The first-order chi connectivity index (χ1) is 10.3. The van der Waals surface area contributed by atoms with E-state index in [0.29, 0.717) is 18.7 Å². The van der Waals surface area contributed by atoms with Crippen molar-refractivity contribution >= 4 is 5.91 Å². The summed E-state index contributed by atoms with van der Waals surface area (Å²) in [6.45, 7) is 4.97. The van der Waals surface area contributed by atoms with Gasteiger partial charge in [0.15, 0.2) is 0 Å². The van der Waals surface area contributed by atoms with Gasteiger partial charge in [-0.05, 0) is 11.1 Å². The van der Waals surface area contributed by atoms with Crippen molar-refractivity contribution < 1.29 is 9.53 Å². The number of carbonyl (C=O) groups is 1. The van der Waals surface area contributed by atoms with Crippen LogP contribution in [0.5, 0.6) is 0 Å². The van der Waals surface area contributed by atoms with Crippen LogP contribution in [0.1, 0.15) is 11.1 Å². The Kier molecular flexibility index (Phi) is 5.73. The summed E-state index contributed by atoms with van der Waals surface area (Å²) < 4.78 is 5.49. The Hall–Kier alpha value is -2.39. The molecule has 3 heteroatoms. The van der Waals surface area contributed by atoms with E-state index in [4.69, 9.17) is 4.74 Å². The first kappa shape index (κ1) is 15.0. The van der Waals surface area contributed by atoms with Crippen molar-refractivity contribution in [2.24, 2.45) is 0 Å². The molecule has 0 aliphatic carbocycles. The topological polar surface area (TPSA) is 38.3 Å². The van der Waals surface area contributed by atoms with Gasteiger partial charge in [0, 0.05) is 12.1 Å². The maximum absolute atomic E-state index is 11.9. The Labute approximate surface area is 125 Å². The van der Waals surface area contributed by atoms with Crippen LogP contribution in [0, 0.1) is 0 Å². The van der Waals surface area contributed by atoms with E-state index < -0.39 is 0 Å². The first-order valence-electron chi connectivity index (χ1n) is 6.87. The van der Waals surface area contributed by atoms with Crippen LogP contribution in [0.25, 0.3) is 0 Å². The quantitative estimate of drug-likeness (QED) is 0.792. The van der Waals surface area contributed by atoms with Gasteiger partial charge in [-0.15, -0.1) is 0 Å². The van der Waals surface area contributed by atoms with E-state index in [1.54, 1.807) is 0 Å². The number of benzene rings is 2. The molecule has 21 heavy (non-hydrogen) atoms. The third-order valence-electron chi connectivity index (χ3n) is 3.00. The van der Waals surface area contributed by atoms with Crippen molar-refractivity contribution in [3.63, 3.8) is 0 Å². The summed E-state index contributed by atoms with van der Waals surface area (Å²) in [5, 5.41) is 2.83. The molecule has 108 valence electrons. The Morgan fingerprint density at radius 2 is 1.52 bits per heavy atom. The van der Waals surface area contributed by atoms with Gasteiger partial charge in [-0.3, -0.25) is 4.79 Å². The number of ether oxygens (including phenoxy) is 1. The van der Waals surface area contributed by atoms with Crippen molar-refractivity contribution in [1.29, 1.82) is 0 Å². The van der Waals surface area contributed by atoms with Gasteiger partial charge < -0.3 is 10.1 Å². The lowest BCUT2D eigenvalue weighted by atomic mass is 10.2. The lowest BCUT2D eigenvalue weighted by Gasteiger charge is -2.09. The molecule has 2 aromatic carbocycles. The minimum absolute atomic E-state index is 0.174. The highest BCUT2D eigenvalue weighted by Gasteiger charge is 2.06. The van der Waals surface area contributed by atoms with Crippen LogP contribution in [0.15, 0.2) is 72.8 Å². The van der Waals surface area contributed by atoms with Gasteiger partial charge in [-0.25, -0.2) is 0 Å². The average molecular weight is 281 g/mol. The Balaban J connectivity index is 1.69. The molecule has 0 aliphatic rings. The second kappa shape index (κ2) is 8.02. The Bertz CT molecular complexity index is 579. The molecule has 0 unspecified atom stereocenters. The maximum Gasteiger partial charge on any atom is 0.249 e. The van der Waals surface area contributed by atoms with Gasteiger partial charge in [0.1, 0.15) is 0 Å². The molecule has 0 aliphatic heterocycles. The summed E-state index contributed by atoms with van der Waals surface area (Å²) in [6, 6.07) is 19.6. The van der Waals surface area contributed by atoms with Crippen molar-refractivity contribution in [2.45, 2.75) is 13.2 Å². The molecule has 0 fully saturated rings. The van der Waals surface area contributed by atoms with E-state index in [-0.39, 0.29) is 12.5 Å². The third kappa shape index (κ3) is 5.24. The van der Waals surface area contributed by atoms with E-state index >= 15 is 0 Å². The molecule has 0 heterocycles. The molecule has 0 radical (unpaired) electrons. The standard InChI is InChI=1S/C18H19NO2/c1-15(13-21-14-17-10-6-3-7-11-17)18(20)19-12-16-8-4-2-5-9-16/h2-11H,1,12-14H2,(H,19,20). The predicted molar refractivity (Wildman–Crippen MR) is 83.5 cm³/mol. The average Bonchev–Trinajstić information content (AvgIpc) is 2.54. The lowest BCUT2D eigenvalue weighted by Crippen LogP contribution is -2.25. The van der Waals surface area contributed by atoms with E-state index in [9.17, 15) is 4.79 Å². The largest absolute Gasteiger partial charge is 0.372 e. The molecule has 0 spiro atoms. The highest BCUT2D eigenvalue weighted by Crippen LogP contribution is 2.03. The number of hydrogen-bond donors (Lipinski definition) is 1. The van der Waals surface area contributed by atoms with Crippen LogP contribution in [0.3, 0.4) is 0 Å². The highest BCUT2D eigenvalue weighted by molar-refractivity contribution is 5.92. The summed E-state index contributed by atoms with van der Waals surface area (Å²) in [4.78, 5) is 11.9. The van der Waals surface area contributed by atoms with E-state index in [2.05, 4.69) is 11.9 Å². The second-order valence-electron chi connectivity index (χ2n) is 4.75. The van der Waals surface area contributed by atoms with Gasteiger partial charge in [0.25, 0.3) is 0 Å². The lowest BCUT2D eigenvalue weighted by molar-refractivity contribution is -0.118. The molecular weight excluding hydrogens is 262 g/mol. The Morgan fingerprint density at radius 1 is 0.952 bits per heavy atom. The zero-order valence-corrected chi connectivity index (χ0v) is 11.9. The zero-order valence-electron chi connectivity index (χ0n) is 11.9. The van der Waals surface area contributed by atoms with Crippen LogP contribution in [-0.4, -0.2) is 12.5 Å². The predicted octanol–water partition coefficient (Wildman–Crippen LogP) is 3.08. The minimum Gasteiger partial charge on any atom is -0.372 e. The molecule has 0 aromatic heterocycles. The van der Waals surface area contributed by atoms with E-state index in [1.807, 2.05) is 60.7 Å². The summed E-state index contributed by atoms with van der Waals surface area (Å²) >= 11 is 0. The van der Waals surface area contributed by atoms with Crippen molar-refractivity contribution in [1.82, 2.24) is 5.32 Å². The van der Waals surface area contributed by atoms with E-state index in [0.717, 1.165) is 11.1 Å². The van der Waals surface area contributed by atoms with Crippen molar-refractivity contribution in [2.75, 3.05) is 6.61 Å². The molecule has 1 N–H and O–H groups in total. The number of nitrogens with one attached hydrogen (secondary N) is 1. The molecule has 0 atom stereocenters. The molecule has 3 nitrogen and oxygen atoms in total. The van der Waals surface area contributed by atoms with Gasteiger partial charge >= 0.3 is 0 Å². The molecule has 0 saturated carbocycles. The molecule has 2 rings (SSSR count). The van der Waals surface area contributed by atoms with E-state index in [1.165, 1.54) is 0 Å². The molecule has 0 bridgehead atoms. The maximum atomic E-state index is 11.9. The normalized spacial score (nSPS) is 10.1. The molecular formula is C18H19NO2. The van der Waals surface area contributed by atoms with Gasteiger partial charge in [0.05, 0.1) is 13.2 Å². The highest BCUT2D eigenvalue weighted by atomic mass is 16.5. The monoisotopic (exact) mass is 281 g/mol. The second-order valence-corrected chi connectivity index (χ2v) is 4.75. The summed E-state index contributed by atoms with van der Waals surface area (Å²) in [6.07, 6.45) is 0. The molecule has 1 amide bonds. The smallest absolute Gasteiger partial charge is 0.249 e. The van der Waals surface area contributed by atoms with Crippen LogP contribution in [0.2, 0.25) is 0 Å². The fourth-order valence-corrected chi connectivity index (χ4v) is 1.84. The Morgan fingerprint density at radius 3 is 2.14 bits per heavy atom. The number of amides is 1. The third-order valence-corrected chi connectivity index (χ3v) is 3.00. The number of rotatable bonds is 7. The van der Waals surface area contributed by atoms with Crippen molar-refractivity contribution in [3.8, 4) is 0 Å². The molecule has 0 saturated heterocycles. The van der Waals surface area contributed by atoms with Gasteiger partial charge in [0.2, 0.25) is 5.91 Å². The SMILES string of the molecule is C=C(COCc1ccccc1)C(=O)NCc1ccccc1. The van der Waals surface area contributed by atoms with Crippen LogP contribution in [-0.2, 0) is 22.7 Å². The number of carbonyl (C=O) groups excluding carboxylic acids is 1. The fourth-order valence-electron chi connectivity index (χ4n) is 1.84. The van der Waals surface area contributed by atoms with Crippen LogP contribution < -0.4 is 5.32 Å². The fraction of sp³-hybridized carbons (Fsp3) is 0.167.